The monoisotopic (exact) mass is 463 g/mol. The molecule has 0 spiro atoms. The van der Waals surface area contributed by atoms with Gasteiger partial charge in [-0.1, -0.05) is 26.0 Å². The number of nitrogens with one attached hydrogen (secondary N) is 2. The average Bonchev–Trinajstić information content (AvgIpc) is 2.77. The van der Waals surface area contributed by atoms with Gasteiger partial charge in [-0.15, -0.1) is 0 Å². The first-order chi connectivity index (χ1) is 15.1. The van der Waals surface area contributed by atoms with Gasteiger partial charge in [-0.2, -0.15) is 0 Å². The minimum absolute atomic E-state index is 0.00156. The first kappa shape index (κ1) is 25.0. The molecule has 1 atom stereocenters. The highest BCUT2D eigenvalue weighted by Gasteiger charge is 2.32. The summed E-state index contributed by atoms with van der Waals surface area (Å²) in [5, 5.41) is 10.3. The molecule has 1 amide bonds. The first-order valence-electron chi connectivity index (χ1n) is 9.75. The van der Waals surface area contributed by atoms with Crippen molar-refractivity contribution < 1.29 is 27.9 Å². The van der Waals surface area contributed by atoms with E-state index in [4.69, 9.17) is 0 Å². The van der Waals surface area contributed by atoms with E-state index in [0.717, 1.165) is 5.01 Å². The van der Waals surface area contributed by atoms with Crippen LogP contribution in [0.5, 0.6) is 0 Å². The molecule has 0 bridgehead atoms. The van der Waals surface area contributed by atoms with Crippen LogP contribution in [0.2, 0.25) is 0 Å². The molecule has 12 heteroatoms. The second-order valence-corrected chi connectivity index (χ2v) is 8.95. The van der Waals surface area contributed by atoms with Gasteiger partial charge in [0.1, 0.15) is 11.7 Å². The van der Waals surface area contributed by atoms with E-state index in [2.05, 4.69) is 20.1 Å². The van der Waals surface area contributed by atoms with E-state index in [1.807, 2.05) is 0 Å². The van der Waals surface area contributed by atoms with Crippen LogP contribution in [-0.2, 0) is 19.6 Å². The maximum Gasteiger partial charge on any atom is 0.328 e. The van der Waals surface area contributed by atoms with Crippen LogP contribution >= 0.6 is 0 Å². The number of sulfonamides is 1. The lowest BCUT2D eigenvalue weighted by molar-refractivity contribution is -0.144. The van der Waals surface area contributed by atoms with Crippen LogP contribution in [-0.4, -0.2) is 65.3 Å². The Balaban J connectivity index is 2.10. The summed E-state index contributed by atoms with van der Waals surface area (Å²) in [4.78, 5) is 44.7. The number of amides is 1. The van der Waals surface area contributed by atoms with Gasteiger partial charge in [0.15, 0.2) is 10.8 Å². The fourth-order valence-electron chi connectivity index (χ4n) is 2.69. The number of carboxylic acid groups (broad SMARTS) is 1. The molecule has 172 valence electrons. The largest absolute Gasteiger partial charge is 0.480 e. The van der Waals surface area contributed by atoms with Gasteiger partial charge < -0.3 is 5.11 Å². The van der Waals surface area contributed by atoms with E-state index in [9.17, 15) is 27.9 Å². The third-order valence-corrected chi connectivity index (χ3v) is 5.53. The Morgan fingerprint density at radius 2 is 1.69 bits per heavy atom. The highest BCUT2D eigenvalue weighted by molar-refractivity contribution is 7.89. The number of hydrogen-bond acceptors (Lipinski definition) is 8. The van der Waals surface area contributed by atoms with Gasteiger partial charge in [0.25, 0.3) is 15.9 Å². The first-order valence-corrected chi connectivity index (χ1v) is 11.2. The SMILES string of the molecule is CC(C)C[C@@H](C(=O)O)N(NCC(=O)CNS(=O)(=O)c1ccccn1)C(=O)c1ccccn1. The van der Waals surface area contributed by atoms with Crippen molar-refractivity contribution in [2.75, 3.05) is 13.1 Å². The molecular weight excluding hydrogens is 438 g/mol. The zero-order valence-corrected chi connectivity index (χ0v) is 18.4. The number of pyridine rings is 2. The normalized spacial score (nSPS) is 12.3. The van der Waals surface area contributed by atoms with Crippen molar-refractivity contribution in [2.24, 2.45) is 5.92 Å². The second kappa shape index (κ2) is 11.4. The van der Waals surface area contributed by atoms with Gasteiger partial charge in [0.05, 0.1) is 13.1 Å². The third kappa shape index (κ3) is 7.18. The molecule has 2 heterocycles. The van der Waals surface area contributed by atoms with Crippen molar-refractivity contribution in [3.05, 3.63) is 54.5 Å². The molecule has 0 aliphatic carbocycles. The van der Waals surface area contributed by atoms with Crippen molar-refractivity contribution in [2.45, 2.75) is 31.3 Å². The number of hydrazine groups is 1. The van der Waals surface area contributed by atoms with Crippen LogP contribution in [0.4, 0.5) is 0 Å². The molecule has 0 aromatic carbocycles. The summed E-state index contributed by atoms with van der Waals surface area (Å²) in [6.07, 6.45) is 2.82. The molecule has 2 aromatic heterocycles. The van der Waals surface area contributed by atoms with Gasteiger partial charge in [-0.05, 0) is 36.6 Å². The summed E-state index contributed by atoms with van der Waals surface area (Å²) in [6.45, 7) is 2.55. The summed E-state index contributed by atoms with van der Waals surface area (Å²) in [7, 11) is -3.99. The van der Waals surface area contributed by atoms with E-state index < -0.39 is 46.8 Å². The highest BCUT2D eigenvalue weighted by Crippen LogP contribution is 2.13. The Kier molecular flexibility index (Phi) is 8.93. The van der Waals surface area contributed by atoms with Gasteiger partial charge in [-0.25, -0.2) is 28.3 Å². The lowest BCUT2D eigenvalue weighted by Crippen LogP contribution is -2.55. The van der Waals surface area contributed by atoms with E-state index in [1.54, 1.807) is 32.0 Å². The number of aromatic nitrogens is 2. The maximum absolute atomic E-state index is 12.9. The van der Waals surface area contributed by atoms with Crippen LogP contribution in [0.3, 0.4) is 0 Å². The quantitative estimate of drug-likeness (QED) is 0.380. The van der Waals surface area contributed by atoms with E-state index in [1.165, 1.54) is 30.6 Å². The predicted molar refractivity (Wildman–Crippen MR) is 114 cm³/mol. The van der Waals surface area contributed by atoms with Gasteiger partial charge in [-0.3, -0.25) is 19.6 Å². The van der Waals surface area contributed by atoms with Crippen molar-refractivity contribution in [3.8, 4) is 0 Å². The molecule has 0 radical (unpaired) electrons. The third-order valence-electron chi connectivity index (χ3n) is 4.21. The number of Topliss-reactive ketones (excluding diaryl/α,β-unsaturated/α-hetero) is 1. The average molecular weight is 464 g/mol. The fourth-order valence-corrected chi connectivity index (χ4v) is 3.65. The van der Waals surface area contributed by atoms with Crippen molar-refractivity contribution in [1.82, 2.24) is 25.1 Å². The molecule has 0 saturated carbocycles. The number of carboxylic acids is 1. The molecule has 2 rings (SSSR count). The van der Waals surface area contributed by atoms with Crippen molar-refractivity contribution >= 4 is 27.7 Å². The Hall–Kier alpha value is -3.22. The number of hydrogen-bond donors (Lipinski definition) is 3. The molecule has 0 aliphatic heterocycles. The Morgan fingerprint density at radius 3 is 2.22 bits per heavy atom. The second-order valence-electron chi connectivity index (χ2n) is 7.24. The summed E-state index contributed by atoms with van der Waals surface area (Å²) in [6, 6.07) is 7.67. The zero-order chi connectivity index (χ0) is 23.7. The topological polar surface area (TPSA) is 159 Å². The standard InChI is InChI=1S/C20H25N5O6S/c1-14(2)11-17(20(28)29)25(19(27)16-7-3-5-9-21-16)23-12-15(26)13-24-32(30,31)18-8-4-6-10-22-18/h3-10,14,17,23-24H,11-13H2,1-2H3,(H,28,29)/t17-/m0/s1. The summed E-state index contributed by atoms with van der Waals surface area (Å²) >= 11 is 0. The predicted octanol–water partition coefficient (Wildman–Crippen LogP) is 0.470. The smallest absolute Gasteiger partial charge is 0.328 e. The number of carbonyl (C=O) groups excluding carboxylic acids is 2. The summed E-state index contributed by atoms with van der Waals surface area (Å²) in [5.41, 5.74) is 2.54. The lowest BCUT2D eigenvalue weighted by atomic mass is 10.0. The van der Waals surface area contributed by atoms with E-state index >= 15 is 0 Å². The molecule has 0 unspecified atom stereocenters. The van der Waals surface area contributed by atoms with Crippen molar-refractivity contribution in [1.29, 1.82) is 0 Å². The number of nitrogens with zero attached hydrogens (tertiary/aromatic N) is 3. The molecule has 0 saturated heterocycles. The molecule has 32 heavy (non-hydrogen) atoms. The minimum atomic E-state index is -3.99. The summed E-state index contributed by atoms with van der Waals surface area (Å²) < 4.78 is 26.5. The molecule has 2 aromatic rings. The molecule has 0 fully saturated rings. The Morgan fingerprint density at radius 1 is 1.03 bits per heavy atom. The number of rotatable bonds is 12. The molecule has 0 aliphatic rings. The van der Waals surface area contributed by atoms with E-state index in [-0.39, 0.29) is 23.1 Å². The van der Waals surface area contributed by atoms with Crippen LogP contribution < -0.4 is 10.1 Å². The molecule has 3 N–H and O–H groups in total. The Labute approximate surface area is 185 Å². The highest BCUT2D eigenvalue weighted by atomic mass is 32.2. The number of ketones is 1. The molecular formula is C20H25N5O6S. The van der Waals surface area contributed by atoms with Crippen molar-refractivity contribution in [3.63, 3.8) is 0 Å². The zero-order valence-electron chi connectivity index (χ0n) is 17.6. The minimum Gasteiger partial charge on any atom is -0.480 e. The van der Waals surface area contributed by atoms with E-state index in [0.29, 0.717) is 0 Å². The van der Waals surface area contributed by atoms with Crippen LogP contribution in [0.15, 0.2) is 53.8 Å². The molecule has 11 nitrogen and oxygen atoms in total. The van der Waals surface area contributed by atoms with Gasteiger partial charge in [0, 0.05) is 12.4 Å². The lowest BCUT2D eigenvalue weighted by Gasteiger charge is -2.30. The maximum atomic E-state index is 12.9. The van der Waals surface area contributed by atoms with Gasteiger partial charge >= 0.3 is 5.97 Å². The Bertz CT molecular complexity index is 1030. The fraction of sp³-hybridized carbons (Fsp3) is 0.350. The van der Waals surface area contributed by atoms with Crippen LogP contribution in [0, 0.1) is 5.92 Å². The number of aliphatic carboxylic acids is 1. The number of carbonyl (C=O) groups is 3. The van der Waals surface area contributed by atoms with Crippen LogP contribution in [0.25, 0.3) is 0 Å². The summed E-state index contributed by atoms with van der Waals surface area (Å²) in [5.74, 6) is -2.64. The van der Waals surface area contributed by atoms with Crippen LogP contribution in [0.1, 0.15) is 30.8 Å². The van der Waals surface area contributed by atoms with Gasteiger partial charge in [0.2, 0.25) is 0 Å².